The van der Waals surface area contributed by atoms with E-state index in [9.17, 15) is 4.79 Å². The van der Waals surface area contributed by atoms with Gasteiger partial charge in [0.1, 0.15) is 23.8 Å². The highest BCUT2D eigenvalue weighted by atomic mass is 32.2. The SMILES string of the molecule is CCOc1ccccc1N=C1SCC(C)N1C(=O)Cn1c(CSC)nc2ccccc21. The molecule has 0 bridgehead atoms. The van der Waals surface area contributed by atoms with Crippen LogP contribution in [-0.2, 0) is 17.1 Å². The third kappa shape index (κ3) is 4.60. The first kappa shape index (κ1) is 21.8. The number of rotatable bonds is 7. The number of hydrogen-bond donors (Lipinski definition) is 0. The summed E-state index contributed by atoms with van der Waals surface area (Å²) in [5.41, 5.74) is 2.65. The number of ether oxygens (including phenoxy) is 1. The molecule has 6 nitrogen and oxygen atoms in total. The Balaban J connectivity index is 1.65. The Morgan fingerprint density at radius 1 is 1.26 bits per heavy atom. The molecule has 162 valence electrons. The Morgan fingerprint density at radius 3 is 2.84 bits per heavy atom. The summed E-state index contributed by atoms with van der Waals surface area (Å²) in [4.78, 5) is 24.9. The van der Waals surface area contributed by atoms with Gasteiger partial charge in [-0.15, -0.1) is 0 Å². The number of thioether (sulfide) groups is 2. The summed E-state index contributed by atoms with van der Waals surface area (Å²) in [6.45, 7) is 4.83. The topological polar surface area (TPSA) is 59.7 Å². The molecule has 31 heavy (non-hydrogen) atoms. The molecule has 2 heterocycles. The van der Waals surface area contributed by atoms with Crippen LogP contribution in [0, 0.1) is 0 Å². The summed E-state index contributed by atoms with van der Waals surface area (Å²) < 4.78 is 7.75. The lowest BCUT2D eigenvalue weighted by atomic mass is 10.3. The van der Waals surface area contributed by atoms with E-state index < -0.39 is 0 Å². The zero-order valence-electron chi connectivity index (χ0n) is 17.9. The maximum Gasteiger partial charge on any atom is 0.248 e. The van der Waals surface area contributed by atoms with E-state index in [0.717, 1.165) is 45.0 Å². The highest BCUT2D eigenvalue weighted by molar-refractivity contribution is 8.14. The lowest BCUT2D eigenvalue weighted by Crippen LogP contribution is -2.39. The molecule has 0 aliphatic carbocycles. The van der Waals surface area contributed by atoms with Crippen molar-refractivity contribution in [3.63, 3.8) is 0 Å². The number of aliphatic imine (C=N–C) groups is 1. The Bertz CT molecular complexity index is 1110. The molecule has 1 saturated heterocycles. The largest absolute Gasteiger partial charge is 0.492 e. The first-order chi connectivity index (χ1) is 15.1. The molecule has 8 heteroatoms. The van der Waals surface area contributed by atoms with Crippen LogP contribution >= 0.6 is 23.5 Å². The maximum atomic E-state index is 13.5. The third-order valence-corrected chi connectivity index (χ3v) is 6.79. The molecule has 4 rings (SSSR count). The Hall–Kier alpha value is -2.45. The van der Waals surface area contributed by atoms with Crippen LogP contribution < -0.4 is 4.74 Å². The van der Waals surface area contributed by atoms with Crippen molar-refractivity contribution in [1.82, 2.24) is 14.5 Å². The van der Waals surface area contributed by atoms with E-state index in [4.69, 9.17) is 14.7 Å². The molecule has 0 radical (unpaired) electrons. The van der Waals surface area contributed by atoms with Crippen molar-refractivity contribution in [2.45, 2.75) is 32.2 Å². The summed E-state index contributed by atoms with van der Waals surface area (Å²) in [6, 6.07) is 15.7. The average molecular weight is 455 g/mol. The lowest BCUT2D eigenvalue weighted by molar-refractivity contribution is -0.128. The number of hydrogen-bond acceptors (Lipinski definition) is 6. The van der Waals surface area contributed by atoms with E-state index >= 15 is 0 Å². The number of para-hydroxylation sites is 4. The molecular formula is C23H26N4O2S2. The predicted molar refractivity (Wildman–Crippen MR) is 130 cm³/mol. The normalized spacial score (nSPS) is 17.6. The predicted octanol–water partition coefficient (Wildman–Crippen LogP) is 4.95. The quantitative estimate of drug-likeness (QED) is 0.506. The van der Waals surface area contributed by atoms with Gasteiger partial charge in [-0.2, -0.15) is 11.8 Å². The molecule has 0 saturated carbocycles. The van der Waals surface area contributed by atoms with Gasteiger partial charge in [-0.3, -0.25) is 9.69 Å². The molecule has 0 spiro atoms. The highest BCUT2D eigenvalue weighted by Gasteiger charge is 2.33. The molecule has 1 amide bonds. The van der Waals surface area contributed by atoms with Crippen LogP contribution in [0.2, 0.25) is 0 Å². The first-order valence-corrected chi connectivity index (χ1v) is 12.7. The zero-order chi connectivity index (χ0) is 21.8. The van der Waals surface area contributed by atoms with E-state index in [1.165, 1.54) is 0 Å². The number of fused-ring (bicyclic) bond motifs is 1. The smallest absolute Gasteiger partial charge is 0.248 e. The van der Waals surface area contributed by atoms with Crippen molar-refractivity contribution >= 4 is 51.3 Å². The Morgan fingerprint density at radius 2 is 2.03 bits per heavy atom. The lowest BCUT2D eigenvalue weighted by Gasteiger charge is -2.22. The second kappa shape index (κ2) is 9.78. The van der Waals surface area contributed by atoms with Gasteiger partial charge in [0.2, 0.25) is 5.91 Å². The Labute approximate surface area is 191 Å². The van der Waals surface area contributed by atoms with Crippen LogP contribution in [0.1, 0.15) is 19.7 Å². The van der Waals surface area contributed by atoms with E-state index in [2.05, 4.69) is 6.92 Å². The fraction of sp³-hybridized carbons (Fsp3) is 0.348. The van der Waals surface area contributed by atoms with Gasteiger partial charge in [0.15, 0.2) is 5.17 Å². The number of amidine groups is 1. The second-order valence-electron chi connectivity index (χ2n) is 7.25. The molecule has 1 atom stereocenters. The molecule has 3 aromatic rings. The molecular weight excluding hydrogens is 428 g/mol. The van der Waals surface area contributed by atoms with Gasteiger partial charge in [-0.25, -0.2) is 9.98 Å². The highest BCUT2D eigenvalue weighted by Crippen LogP contribution is 2.32. The van der Waals surface area contributed by atoms with Crippen molar-refractivity contribution in [1.29, 1.82) is 0 Å². The Kier molecular flexibility index (Phi) is 6.87. The van der Waals surface area contributed by atoms with Gasteiger partial charge >= 0.3 is 0 Å². The molecule has 1 unspecified atom stereocenters. The molecule has 1 aliphatic rings. The molecule has 0 N–H and O–H groups in total. The van der Waals surface area contributed by atoms with Crippen molar-refractivity contribution < 1.29 is 9.53 Å². The number of carbonyl (C=O) groups excluding carboxylic acids is 1. The number of carbonyl (C=O) groups is 1. The van der Waals surface area contributed by atoms with E-state index in [1.54, 1.807) is 23.5 Å². The first-order valence-electron chi connectivity index (χ1n) is 10.3. The minimum atomic E-state index is 0.0237. The number of aromatic nitrogens is 2. The minimum absolute atomic E-state index is 0.0237. The summed E-state index contributed by atoms with van der Waals surface area (Å²) in [6.07, 6.45) is 2.05. The van der Waals surface area contributed by atoms with Gasteiger partial charge < -0.3 is 9.30 Å². The standard InChI is InChI=1S/C23H26N4O2S2/c1-4-29-20-12-8-6-10-18(20)25-23-27(16(2)14-31-23)22(28)13-26-19-11-7-5-9-17(19)24-21(26)15-30-3/h5-12,16H,4,13-15H2,1-3H3. The van der Waals surface area contributed by atoms with Crippen LogP contribution in [0.3, 0.4) is 0 Å². The zero-order valence-corrected chi connectivity index (χ0v) is 19.6. The fourth-order valence-corrected chi connectivity index (χ4v) is 5.25. The third-order valence-electron chi connectivity index (χ3n) is 5.05. The number of imidazole rings is 1. The molecule has 1 aliphatic heterocycles. The van der Waals surface area contributed by atoms with Gasteiger partial charge in [-0.05, 0) is 44.4 Å². The van der Waals surface area contributed by atoms with Crippen LogP contribution in [0.15, 0.2) is 53.5 Å². The summed E-state index contributed by atoms with van der Waals surface area (Å²) in [7, 11) is 0. The van der Waals surface area contributed by atoms with E-state index in [-0.39, 0.29) is 18.5 Å². The number of amides is 1. The van der Waals surface area contributed by atoms with Gasteiger partial charge in [0.05, 0.1) is 23.4 Å². The molecule has 1 aromatic heterocycles. The summed E-state index contributed by atoms with van der Waals surface area (Å²) >= 11 is 3.31. The van der Waals surface area contributed by atoms with Crippen molar-refractivity contribution in [2.24, 2.45) is 4.99 Å². The summed E-state index contributed by atoms with van der Waals surface area (Å²) in [5, 5.41) is 0.723. The van der Waals surface area contributed by atoms with Gasteiger partial charge in [0, 0.05) is 11.8 Å². The van der Waals surface area contributed by atoms with Crippen molar-refractivity contribution in [3.05, 3.63) is 54.4 Å². The molecule has 1 fully saturated rings. The maximum absolute atomic E-state index is 13.5. The second-order valence-corrected chi connectivity index (χ2v) is 9.11. The molecule has 2 aromatic carbocycles. The van der Waals surface area contributed by atoms with Crippen LogP contribution in [-0.4, -0.2) is 50.2 Å². The van der Waals surface area contributed by atoms with Crippen LogP contribution in [0.4, 0.5) is 5.69 Å². The van der Waals surface area contributed by atoms with Crippen LogP contribution in [0.25, 0.3) is 11.0 Å². The van der Waals surface area contributed by atoms with E-state index in [0.29, 0.717) is 6.61 Å². The van der Waals surface area contributed by atoms with Crippen molar-refractivity contribution in [3.8, 4) is 5.75 Å². The fourth-order valence-electron chi connectivity index (χ4n) is 3.65. The number of benzene rings is 2. The number of nitrogens with zero attached hydrogens (tertiary/aromatic N) is 4. The van der Waals surface area contributed by atoms with Gasteiger partial charge in [0.25, 0.3) is 0 Å². The minimum Gasteiger partial charge on any atom is -0.492 e. The van der Waals surface area contributed by atoms with E-state index in [1.807, 2.05) is 71.2 Å². The van der Waals surface area contributed by atoms with Crippen LogP contribution in [0.5, 0.6) is 5.75 Å². The summed E-state index contributed by atoms with van der Waals surface area (Å²) in [5.74, 6) is 3.25. The van der Waals surface area contributed by atoms with Crippen molar-refractivity contribution in [2.75, 3.05) is 18.6 Å². The average Bonchev–Trinajstić information content (AvgIpc) is 3.30. The van der Waals surface area contributed by atoms with Gasteiger partial charge in [-0.1, -0.05) is 36.0 Å². The monoisotopic (exact) mass is 454 g/mol.